The zero-order chi connectivity index (χ0) is 31.2. The van der Waals surface area contributed by atoms with Gasteiger partial charge < -0.3 is 29.4 Å². The summed E-state index contributed by atoms with van der Waals surface area (Å²) >= 11 is 0. The van der Waals surface area contributed by atoms with Crippen molar-refractivity contribution < 1.29 is 29.0 Å². The number of hydrogen-bond acceptors (Lipinski definition) is 5. The molecule has 2 saturated carbocycles. The number of nitrogens with one attached hydrogen (secondary N) is 1. The van der Waals surface area contributed by atoms with E-state index in [0.29, 0.717) is 35.0 Å². The van der Waals surface area contributed by atoms with E-state index in [1.54, 1.807) is 26.4 Å². The molecule has 0 aliphatic heterocycles. The summed E-state index contributed by atoms with van der Waals surface area (Å²) in [6.45, 7) is 1.60. The zero-order valence-electron chi connectivity index (χ0n) is 26.1. The van der Waals surface area contributed by atoms with Gasteiger partial charge in [0.25, 0.3) is 5.91 Å². The van der Waals surface area contributed by atoms with Crippen LogP contribution in [0.25, 0.3) is 10.9 Å². The molecule has 2 amide bonds. The highest BCUT2D eigenvalue weighted by molar-refractivity contribution is 6.05. The number of benzene rings is 2. The van der Waals surface area contributed by atoms with Crippen LogP contribution in [0.3, 0.4) is 0 Å². The van der Waals surface area contributed by atoms with Crippen LogP contribution in [0.1, 0.15) is 86.7 Å². The molecule has 2 N–H and O–H groups in total. The first-order chi connectivity index (χ1) is 21.3. The van der Waals surface area contributed by atoms with Gasteiger partial charge in [0, 0.05) is 16.9 Å². The van der Waals surface area contributed by atoms with Crippen molar-refractivity contribution in [3.63, 3.8) is 0 Å². The summed E-state index contributed by atoms with van der Waals surface area (Å²) in [6.07, 6.45) is 10.8. The number of aryl methyl sites for hydroxylation is 1. The van der Waals surface area contributed by atoms with Crippen molar-refractivity contribution in [3.8, 4) is 11.5 Å². The van der Waals surface area contributed by atoms with Crippen molar-refractivity contribution in [1.82, 2.24) is 9.88 Å². The second-order valence-electron chi connectivity index (χ2n) is 12.4. The molecule has 2 fully saturated rings. The van der Waals surface area contributed by atoms with E-state index in [-0.39, 0.29) is 24.2 Å². The summed E-state index contributed by atoms with van der Waals surface area (Å²) in [5, 5.41) is 13.5. The molecule has 0 radical (unpaired) electrons. The van der Waals surface area contributed by atoms with Crippen molar-refractivity contribution in [3.05, 3.63) is 53.7 Å². The first kappa shape index (κ1) is 31.4. The molecule has 5 rings (SSSR count). The highest BCUT2D eigenvalue weighted by Crippen LogP contribution is 2.43. The Bertz CT molecular complexity index is 1460. The van der Waals surface area contributed by atoms with Crippen LogP contribution in [0.2, 0.25) is 0 Å². The molecule has 9 heteroatoms. The van der Waals surface area contributed by atoms with Gasteiger partial charge in [-0.3, -0.25) is 14.4 Å². The summed E-state index contributed by atoms with van der Waals surface area (Å²) in [5.74, 6) is -0.259. The van der Waals surface area contributed by atoms with E-state index >= 15 is 0 Å². The van der Waals surface area contributed by atoms with Gasteiger partial charge in [-0.05, 0) is 61.9 Å². The Hall–Kier alpha value is -4.01. The molecule has 1 aromatic heterocycles. The fourth-order valence-electron chi connectivity index (χ4n) is 7.16. The number of hydrogen-bond donors (Lipinski definition) is 2. The van der Waals surface area contributed by atoms with Gasteiger partial charge in [-0.1, -0.05) is 69.6 Å². The van der Waals surface area contributed by atoms with Crippen molar-refractivity contribution >= 4 is 34.4 Å². The summed E-state index contributed by atoms with van der Waals surface area (Å²) < 4.78 is 13.2. The Morgan fingerprint density at radius 2 is 1.55 bits per heavy atom. The van der Waals surface area contributed by atoms with Crippen LogP contribution in [0, 0.1) is 12.8 Å². The minimum atomic E-state index is -1.04. The van der Waals surface area contributed by atoms with E-state index in [2.05, 4.69) is 5.32 Å². The Labute approximate surface area is 259 Å². The maximum atomic E-state index is 14.9. The van der Waals surface area contributed by atoms with Crippen LogP contribution in [-0.2, 0) is 16.1 Å². The lowest BCUT2D eigenvalue weighted by Gasteiger charge is -2.39. The topological polar surface area (TPSA) is 110 Å². The number of fused-ring (bicyclic) bond motifs is 1. The molecule has 0 spiro atoms. The molecule has 1 heterocycles. The van der Waals surface area contributed by atoms with Gasteiger partial charge in [-0.2, -0.15) is 0 Å². The SMILES string of the molecule is COc1cc(C)cc(OC)c1N(C(=O)[C@@H](CC1CCCCC1)NC(=O)c1cc2ccccc2n1CC(=O)O)C1CCCCC1. The minimum absolute atomic E-state index is 0.0639. The molecular formula is C35H45N3O6. The number of rotatable bonds is 11. The smallest absolute Gasteiger partial charge is 0.323 e. The molecule has 2 aromatic carbocycles. The summed E-state index contributed by atoms with van der Waals surface area (Å²) in [7, 11) is 3.20. The normalized spacial score (nSPS) is 16.8. The number of aliphatic carboxylic acids is 1. The number of methoxy groups -OCH3 is 2. The molecule has 236 valence electrons. The predicted molar refractivity (Wildman–Crippen MR) is 171 cm³/mol. The van der Waals surface area contributed by atoms with Gasteiger partial charge >= 0.3 is 5.97 Å². The Kier molecular flexibility index (Phi) is 10.1. The number of anilines is 1. The van der Waals surface area contributed by atoms with Crippen LogP contribution < -0.4 is 19.7 Å². The van der Waals surface area contributed by atoms with Crippen LogP contribution in [0.4, 0.5) is 5.69 Å². The van der Waals surface area contributed by atoms with E-state index in [1.165, 1.54) is 11.0 Å². The lowest BCUT2D eigenvalue weighted by Crippen LogP contribution is -2.53. The van der Waals surface area contributed by atoms with Gasteiger partial charge in [0.05, 0.1) is 14.2 Å². The Morgan fingerprint density at radius 1 is 0.932 bits per heavy atom. The first-order valence-corrected chi connectivity index (χ1v) is 16.0. The highest BCUT2D eigenvalue weighted by atomic mass is 16.5. The fourth-order valence-corrected chi connectivity index (χ4v) is 7.16. The van der Waals surface area contributed by atoms with Crippen LogP contribution in [0.15, 0.2) is 42.5 Å². The number of carboxylic acid groups (broad SMARTS) is 1. The van der Waals surface area contributed by atoms with Crippen molar-refractivity contribution in [2.24, 2.45) is 5.92 Å². The lowest BCUT2D eigenvalue weighted by molar-refractivity contribution is -0.137. The third-order valence-corrected chi connectivity index (χ3v) is 9.28. The summed E-state index contributed by atoms with van der Waals surface area (Å²) in [5.41, 5.74) is 2.44. The van der Waals surface area contributed by atoms with Crippen molar-refractivity contribution in [2.75, 3.05) is 19.1 Å². The predicted octanol–water partition coefficient (Wildman–Crippen LogP) is 6.49. The number of carbonyl (C=O) groups excluding carboxylic acids is 2. The Balaban J connectivity index is 1.56. The maximum absolute atomic E-state index is 14.9. The summed E-state index contributed by atoms with van der Waals surface area (Å²) in [4.78, 5) is 42.6. The van der Waals surface area contributed by atoms with Crippen LogP contribution >= 0.6 is 0 Å². The molecule has 9 nitrogen and oxygen atoms in total. The number of aromatic nitrogens is 1. The van der Waals surface area contributed by atoms with E-state index in [9.17, 15) is 19.5 Å². The van der Waals surface area contributed by atoms with Gasteiger partial charge in [-0.15, -0.1) is 0 Å². The van der Waals surface area contributed by atoms with E-state index in [0.717, 1.165) is 68.7 Å². The molecule has 3 aromatic rings. The molecular weight excluding hydrogens is 558 g/mol. The average molecular weight is 604 g/mol. The van der Waals surface area contributed by atoms with Crippen molar-refractivity contribution in [1.29, 1.82) is 0 Å². The second-order valence-corrected chi connectivity index (χ2v) is 12.4. The number of para-hydroxylation sites is 1. The number of nitrogens with zero attached hydrogens (tertiary/aromatic N) is 2. The highest BCUT2D eigenvalue weighted by Gasteiger charge is 2.38. The quantitative estimate of drug-likeness (QED) is 0.259. The number of carboxylic acids is 1. The Morgan fingerprint density at radius 3 is 2.16 bits per heavy atom. The molecule has 2 aliphatic rings. The molecule has 44 heavy (non-hydrogen) atoms. The lowest BCUT2D eigenvalue weighted by atomic mass is 9.84. The van der Waals surface area contributed by atoms with E-state index < -0.39 is 17.9 Å². The van der Waals surface area contributed by atoms with Crippen LogP contribution in [0.5, 0.6) is 11.5 Å². The molecule has 1 atom stereocenters. The summed E-state index contributed by atoms with van der Waals surface area (Å²) in [6, 6.07) is 12.0. The van der Waals surface area contributed by atoms with Crippen molar-refractivity contribution in [2.45, 2.75) is 96.2 Å². The minimum Gasteiger partial charge on any atom is -0.494 e. The zero-order valence-corrected chi connectivity index (χ0v) is 26.1. The van der Waals surface area contributed by atoms with Gasteiger partial charge in [0.1, 0.15) is 35.5 Å². The third kappa shape index (κ3) is 6.87. The molecule has 0 bridgehead atoms. The van der Waals surface area contributed by atoms with Gasteiger partial charge in [-0.25, -0.2) is 0 Å². The van der Waals surface area contributed by atoms with Crippen LogP contribution in [-0.4, -0.2) is 53.8 Å². The van der Waals surface area contributed by atoms with Gasteiger partial charge in [0.2, 0.25) is 5.91 Å². The standard InChI is InChI=1S/C35H45N3O6/c1-23-18-30(43-2)33(31(19-23)44-3)38(26-15-8-5-9-16-26)35(42)27(20-24-12-6-4-7-13-24)36-34(41)29-21-25-14-10-11-17-28(25)37(29)22-32(39)40/h10-11,14,17-19,21,24,26-27H,4-9,12-13,15-16,20,22H2,1-3H3,(H,36,41)(H,39,40)/t27-/m1/s1. The molecule has 0 unspecified atom stereocenters. The fraction of sp³-hybridized carbons (Fsp3) is 0.514. The monoisotopic (exact) mass is 603 g/mol. The number of ether oxygens (including phenoxy) is 2. The van der Waals surface area contributed by atoms with Gasteiger partial charge in [0.15, 0.2) is 0 Å². The molecule has 2 aliphatic carbocycles. The number of carbonyl (C=O) groups is 3. The number of amides is 2. The maximum Gasteiger partial charge on any atom is 0.323 e. The van der Waals surface area contributed by atoms with E-state index in [4.69, 9.17) is 9.47 Å². The first-order valence-electron chi connectivity index (χ1n) is 16.0. The average Bonchev–Trinajstić information content (AvgIpc) is 3.40. The second kappa shape index (κ2) is 14.2. The largest absolute Gasteiger partial charge is 0.494 e. The third-order valence-electron chi connectivity index (χ3n) is 9.28. The van der Waals surface area contributed by atoms with E-state index in [1.807, 2.05) is 42.2 Å². The molecule has 0 saturated heterocycles.